The van der Waals surface area contributed by atoms with E-state index in [0.717, 1.165) is 53.8 Å². The number of anilines is 2. The third-order valence-electron chi connectivity index (χ3n) is 6.33. The van der Waals surface area contributed by atoms with Gasteiger partial charge in [-0.1, -0.05) is 12.1 Å². The molecule has 1 aliphatic rings. The molecule has 186 valence electrons. The number of hydrogen-bond acceptors (Lipinski definition) is 6. The van der Waals surface area contributed by atoms with Gasteiger partial charge in [-0.15, -0.1) is 0 Å². The number of nitrogen functional groups attached to an aromatic ring is 1. The summed E-state index contributed by atoms with van der Waals surface area (Å²) in [5, 5.41) is 12.1. The van der Waals surface area contributed by atoms with Crippen LogP contribution in [0, 0.1) is 0 Å². The molecule has 6 N–H and O–H groups in total. The highest BCUT2D eigenvalue weighted by Crippen LogP contribution is 2.37. The van der Waals surface area contributed by atoms with Crippen molar-refractivity contribution in [2.75, 3.05) is 11.1 Å². The molecule has 8 nitrogen and oxygen atoms in total. The average molecular weight is 496 g/mol. The van der Waals surface area contributed by atoms with Gasteiger partial charge in [0.25, 0.3) is 0 Å². The number of halogens is 3. The van der Waals surface area contributed by atoms with Crippen LogP contribution in [0.4, 0.5) is 24.7 Å². The fourth-order valence-corrected chi connectivity index (χ4v) is 4.78. The number of benzene rings is 2. The Kier molecular flexibility index (Phi) is 5.89. The number of aromatic nitrogens is 3. The first-order chi connectivity index (χ1) is 17.1. The van der Waals surface area contributed by atoms with E-state index >= 15 is 0 Å². The molecule has 0 radical (unpaired) electrons. The number of aliphatic hydroxyl groups is 1. The molecule has 1 amide bonds. The van der Waals surface area contributed by atoms with Gasteiger partial charge in [0.05, 0.1) is 17.5 Å². The Morgan fingerprint density at radius 1 is 1.14 bits per heavy atom. The van der Waals surface area contributed by atoms with Crippen LogP contribution in [0.5, 0.6) is 0 Å². The quantitative estimate of drug-likeness (QED) is 0.312. The summed E-state index contributed by atoms with van der Waals surface area (Å²) < 4.78 is 42.1. The van der Waals surface area contributed by atoms with E-state index in [-0.39, 0.29) is 12.0 Å². The predicted octanol–water partition coefficient (Wildman–Crippen LogP) is 3.64. The molecule has 4 aromatic rings. The zero-order valence-corrected chi connectivity index (χ0v) is 19.0. The van der Waals surface area contributed by atoms with Crippen molar-refractivity contribution in [3.8, 4) is 5.69 Å². The third kappa shape index (κ3) is 4.27. The maximum absolute atomic E-state index is 13.3. The van der Waals surface area contributed by atoms with Crippen molar-refractivity contribution in [1.82, 2.24) is 14.5 Å². The van der Waals surface area contributed by atoms with Gasteiger partial charge in [0.1, 0.15) is 18.1 Å². The number of carbonyl (C=O) groups excluding carboxylic acids is 1. The summed E-state index contributed by atoms with van der Waals surface area (Å²) >= 11 is 0. The molecule has 0 bridgehead atoms. The van der Waals surface area contributed by atoms with Gasteiger partial charge in [-0.05, 0) is 60.7 Å². The topological polar surface area (TPSA) is 132 Å². The second kappa shape index (κ2) is 8.92. The first-order valence-electron chi connectivity index (χ1n) is 11.3. The molecule has 2 aromatic carbocycles. The third-order valence-corrected chi connectivity index (χ3v) is 6.33. The number of alkyl halides is 3. The summed E-state index contributed by atoms with van der Waals surface area (Å²) in [5.74, 6) is -0.0972. The van der Waals surface area contributed by atoms with Crippen LogP contribution >= 0.6 is 0 Å². The second-order valence-electron chi connectivity index (χ2n) is 8.71. The van der Waals surface area contributed by atoms with Crippen molar-refractivity contribution in [2.45, 2.75) is 38.1 Å². The zero-order chi connectivity index (χ0) is 25.6. The number of rotatable bonds is 5. The van der Waals surface area contributed by atoms with Gasteiger partial charge in [0, 0.05) is 22.6 Å². The minimum atomic E-state index is -4.71. The molecule has 0 saturated carbocycles. The Hall–Kier alpha value is -3.96. The monoisotopic (exact) mass is 496 g/mol. The number of nitrogens with one attached hydrogen (secondary N) is 1. The van der Waals surface area contributed by atoms with Crippen LogP contribution in [0.2, 0.25) is 0 Å². The van der Waals surface area contributed by atoms with E-state index in [1.807, 2.05) is 16.7 Å². The lowest BCUT2D eigenvalue weighted by atomic mass is 10.0. The highest BCUT2D eigenvalue weighted by atomic mass is 19.4. The maximum Gasteiger partial charge on any atom is 0.416 e. The molecule has 11 heteroatoms. The fraction of sp³-hybridized carbons (Fsp3) is 0.240. The standard InChI is InChI=1S/C25H23F3N6O2/c26-25(27,28)18-10-13(4-9-16(18)24(30)36)11-20(35)33-14-5-7-15(8-6-14)34-19-3-1-2-17(19)21-22(34)23(29)32-12-31-21/h4-10,12,24,36H,1-3,11,30H2,(H,33,35)(H2,29,31,32). The summed E-state index contributed by atoms with van der Waals surface area (Å²) in [7, 11) is 0. The SMILES string of the molecule is Nc1ncnc2c3c(n(-c4ccc(NC(=O)Cc5ccc(C(N)O)c(C(F)(F)F)c5)cc4)c12)CCC3. The number of fused-ring (bicyclic) bond motifs is 3. The Morgan fingerprint density at radius 2 is 1.89 bits per heavy atom. The molecule has 0 spiro atoms. The van der Waals surface area contributed by atoms with Crippen molar-refractivity contribution in [1.29, 1.82) is 0 Å². The number of nitrogens with zero attached hydrogens (tertiary/aromatic N) is 3. The van der Waals surface area contributed by atoms with Crippen LogP contribution in [0.15, 0.2) is 48.8 Å². The Morgan fingerprint density at radius 3 is 2.58 bits per heavy atom. The molecule has 0 fully saturated rings. The minimum Gasteiger partial charge on any atom is -0.382 e. The van der Waals surface area contributed by atoms with E-state index in [2.05, 4.69) is 15.3 Å². The van der Waals surface area contributed by atoms with E-state index in [1.165, 1.54) is 18.0 Å². The molecule has 2 aromatic heterocycles. The van der Waals surface area contributed by atoms with Gasteiger partial charge >= 0.3 is 6.18 Å². The molecule has 0 saturated heterocycles. The van der Waals surface area contributed by atoms with E-state index in [4.69, 9.17) is 11.5 Å². The van der Waals surface area contributed by atoms with Gasteiger partial charge in [-0.25, -0.2) is 9.97 Å². The van der Waals surface area contributed by atoms with Crippen molar-refractivity contribution < 1.29 is 23.1 Å². The Labute approximate surface area is 203 Å². The van der Waals surface area contributed by atoms with Crippen LogP contribution in [0.25, 0.3) is 16.7 Å². The maximum atomic E-state index is 13.3. The van der Waals surface area contributed by atoms with E-state index < -0.39 is 29.4 Å². The summed E-state index contributed by atoms with van der Waals surface area (Å²) in [4.78, 5) is 21.1. The predicted molar refractivity (Wildman–Crippen MR) is 128 cm³/mol. The van der Waals surface area contributed by atoms with Crippen LogP contribution in [0.1, 0.15) is 40.6 Å². The lowest BCUT2D eigenvalue weighted by Crippen LogP contribution is -2.19. The zero-order valence-electron chi connectivity index (χ0n) is 19.0. The Bertz CT molecular complexity index is 1460. The lowest BCUT2D eigenvalue weighted by molar-refractivity contribution is -0.139. The van der Waals surface area contributed by atoms with Crippen LogP contribution in [-0.4, -0.2) is 25.5 Å². The van der Waals surface area contributed by atoms with Crippen molar-refractivity contribution in [2.24, 2.45) is 5.73 Å². The van der Waals surface area contributed by atoms with Crippen molar-refractivity contribution in [3.05, 3.63) is 76.7 Å². The Balaban J connectivity index is 1.36. The molecule has 5 rings (SSSR count). The number of nitrogens with two attached hydrogens (primary N) is 2. The summed E-state index contributed by atoms with van der Waals surface area (Å²) in [6, 6.07) is 10.4. The minimum absolute atomic E-state index is 0.144. The summed E-state index contributed by atoms with van der Waals surface area (Å²) in [6.45, 7) is 0. The lowest BCUT2D eigenvalue weighted by Gasteiger charge is -2.16. The highest BCUT2D eigenvalue weighted by Gasteiger charge is 2.35. The fourth-order valence-electron chi connectivity index (χ4n) is 4.78. The van der Waals surface area contributed by atoms with Crippen molar-refractivity contribution in [3.63, 3.8) is 0 Å². The summed E-state index contributed by atoms with van der Waals surface area (Å²) in [6.07, 6.45) is -2.47. The van der Waals surface area contributed by atoms with Gasteiger partial charge in [-0.3, -0.25) is 4.79 Å². The van der Waals surface area contributed by atoms with Gasteiger partial charge in [-0.2, -0.15) is 13.2 Å². The molecule has 36 heavy (non-hydrogen) atoms. The van der Waals surface area contributed by atoms with Crippen LogP contribution < -0.4 is 16.8 Å². The van der Waals surface area contributed by atoms with Gasteiger partial charge in [0.2, 0.25) is 5.91 Å². The van der Waals surface area contributed by atoms with E-state index in [0.29, 0.717) is 11.5 Å². The van der Waals surface area contributed by atoms with E-state index in [1.54, 1.807) is 12.1 Å². The number of aliphatic hydroxyl groups excluding tert-OH is 1. The highest BCUT2D eigenvalue weighted by molar-refractivity contribution is 5.93. The largest absolute Gasteiger partial charge is 0.416 e. The summed E-state index contributed by atoms with van der Waals surface area (Å²) in [5.41, 5.74) is 15.3. The molecule has 1 aliphatic carbocycles. The number of amides is 1. The first-order valence-corrected chi connectivity index (χ1v) is 11.3. The normalized spacial score (nSPS) is 14.1. The van der Waals surface area contributed by atoms with Crippen LogP contribution in [-0.2, 0) is 30.2 Å². The van der Waals surface area contributed by atoms with Gasteiger partial charge in [0.15, 0.2) is 5.82 Å². The van der Waals surface area contributed by atoms with Crippen LogP contribution in [0.3, 0.4) is 0 Å². The molecule has 1 atom stereocenters. The number of aryl methyl sites for hydroxylation is 1. The van der Waals surface area contributed by atoms with E-state index in [9.17, 15) is 23.1 Å². The number of carbonyl (C=O) groups is 1. The van der Waals surface area contributed by atoms with Gasteiger partial charge < -0.3 is 26.5 Å². The average Bonchev–Trinajstić information content (AvgIpc) is 3.41. The smallest absolute Gasteiger partial charge is 0.382 e. The second-order valence-corrected chi connectivity index (χ2v) is 8.71. The molecular weight excluding hydrogens is 473 g/mol. The number of hydrogen-bond donors (Lipinski definition) is 4. The van der Waals surface area contributed by atoms with Crippen molar-refractivity contribution >= 4 is 28.4 Å². The molecule has 1 unspecified atom stereocenters. The molecule has 0 aliphatic heterocycles. The molecule has 2 heterocycles. The first kappa shape index (κ1) is 23.8. The molecular formula is C25H23F3N6O2.